The van der Waals surface area contributed by atoms with E-state index in [-0.39, 0.29) is 42.6 Å². The lowest BCUT2D eigenvalue weighted by Gasteiger charge is -2.52. The molecule has 0 amide bonds. The Bertz CT molecular complexity index is 1440. The Labute approximate surface area is 237 Å². The summed E-state index contributed by atoms with van der Waals surface area (Å²) in [6.07, 6.45) is 4.90. The Hall–Kier alpha value is -2.56. The standard InChI is InChI=1S/C29H37ClF2N6O2/c1-18-15-38(19(2)14-37(18)24(21-12-29(31,32)13-21)20-6-8-22(30)9-7-20)25-23-26(35(3)27(39)34-25)36(17-33-23)16-28(40)10-4-5-11-28/h6-9,17-19,21,24,40H,4-5,10-16H2,1-3H3/t18-,19+,24?/m1/s1. The molecule has 3 aromatic rings. The summed E-state index contributed by atoms with van der Waals surface area (Å²) in [7, 11) is 1.69. The van der Waals surface area contributed by atoms with Crippen molar-refractivity contribution in [1.82, 2.24) is 24.0 Å². The zero-order valence-electron chi connectivity index (χ0n) is 23.2. The maximum absolute atomic E-state index is 14.0. The maximum Gasteiger partial charge on any atom is 0.350 e. The first-order valence-corrected chi connectivity index (χ1v) is 14.6. The monoisotopic (exact) mass is 574 g/mol. The van der Waals surface area contributed by atoms with E-state index >= 15 is 0 Å². The van der Waals surface area contributed by atoms with Crippen LogP contribution in [0.2, 0.25) is 5.02 Å². The highest BCUT2D eigenvalue weighted by molar-refractivity contribution is 6.30. The molecule has 1 N–H and O–H groups in total. The molecule has 3 aliphatic rings. The molecule has 40 heavy (non-hydrogen) atoms. The van der Waals surface area contributed by atoms with E-state index < -0.39 is 11.5 Å². The van der Waals surface area contributed by atoms with Gasteiger partial charge in [0.05, 0.1) is 18.5 Å². The topological polar surface area (TPSA) is 79.4 Å². The molecule has 0 radical (unpaired) electrons. The third kappa shape index (κ3) is 4.92. The molecule has 2 saturated carbocycles. The van der Waals surface area contributed by atoms with Crippen molar-refractivity contribution >= 4 is 28.6 Å². The molecular formula is C29H37ClF2N6O2. The zero-order valence-corrected chi connectivity index (χ0v) is 24.0. The van der Waals surface area contributed by atoms with Gasteiger partial charge in [-0.1, -0.05) is 36.6 Å². The number of piperazine rings is 1. The Kier molecular flexibility index (Phi) is 6.94. The van der Waals surface area contributed by atoms with Crippen molar-refractivity contribution in [2.75, 3.05) is 18.0 Å². The number of aryl methyl sites for hydroxylation is 1. The van der Waals surface area contributed by atoms with Crippen LogP contribution in [0.4, 0.5) is 14.6 Å². The minimum absolute atomic E-state index is 0.00768. The minimum atomic E-state index is -2.61. The molecule has 3 atom stereocenters. The summed E-state index contributed by atoms with van der Waals surface area (Å²) in [6, 6.07) is 7.36. The van der Waals surface area contributed by atoms with Gasteiger partial charge in [-0.2, -0.15) is 4.98 Å². The van der Waals surface area contributed by atoms with Gasteiger partial charge in [0.15, 0.2) is 5.82 Å². The fraction of sp³-hybridized carbons (Fsp3) is 0.621. The lowest BCUT2D eigenvalue weighted by molar-refractivity contribution is -0.137. The number of rotatable bonds is 6. The van der Waals surface area contributed by atoms with E-state index in [1.165, 1.54) is 4.57 Å². The summed E-state index contributed by atoms with van der Waals surface area (Å²) in [5, 5.41) is 11.7. The van der Waals surface area contributed by atoms with E-state index in [0.717, 1.165) is 31.2 Å². The lowest BCUT2D eigenvalue weighted by atomic mass is 9.73. The van der Waals surface area contributed by atoms with Crippen LogP contribution in [0.3, 0.4) is 0 Å². The van der Waals surface area contributed by atoms with Gasteiger partial charge in [0.1, 0.15) is 11.2 Å². The first-order chi connectivity index (χ1) is 18.9. The van der Waals surface area contributed by atoms with E-state index in [4.69, 9.17) is 11.6 Å². The highest BCUT2D eigenvalue weighted by Crippen LogP contribution is 2.51. The van der Waals surface area contributed by atoms with E-state index in [9.17, 15) is 18.7 Å². The fourth-order valence-corrected chi connectivity index (χ4v) is 7.31. The molecule has 8 nitrogen and oxygen atoms in total. The van der Waals surface area contributed by atoms with E-state index in [1.807, 2.05) is 28.8 Å². The van der Waals surface area contributed by atoms with Gasteiger partial charge >= 0.3 is 5.69 Å². The molecule has 0 spiro atoms. The Morgan fingerprint density at radius 3 is 2.42 bits per heavy atom. The van der Waals surface area contributed by atoms with Crippen LogP contribution in [0.5, 0.6) is 0 Å². The second-order valence-electron chi connectivity index (χ2n) is 12.3. The van der Waals surface area contributed by atoms with Crippen molar-refractivity contribution in [3.8, 4) is 0 Å². The largest absolute Gasteiger partial charge is 0.388 e. The summed E-state index contributed by atoms with van der Waals surface area (Å²) in [5.41, 5.74) is 1.10. The number of aliphatic hydroxyl groups is 1. The van der Waals surface area contributed by atoms with Crippen LogP contribution in [0.15, 0.2) is 35.4 Å². The number of benzene rings is 1. The molecule has 2 aromatic heterocycles. The van der Waals surface area contributed by atoms with E-state index in [1.54, 1.807) is 13.4 Å². The lowest BCUT2D eigenvalue weighted by Crippen LogP contribution is -2.60. The van der Waals surface area contributed by atoms with Crippen LogP contribution in [0.1, 0.15) is 64.0 Å². The van der Waals surface area contributed by atoms with Gasteiger partial charge in [0, 0.05) is 56.1 Å². The molecule has 11 heteroatoms. The second kappa shape index (κ2) is 10.1. The van der Waals surface area contributed by atoms with Gasteiger partial charge in [-0.15, -0.1) is 0 Å². The predicted molar refractivity (Wildman–Crippen MR) is 151 cm³/mol. The molecular weight excluding hydrogens is 538 g/mol. The van der Waals surface area contributed by atoms with Crippen LogP contribution in [0.25, 0.3) is 11.2 Å². The van der Waals surface area contributed by atoms with Crippen molar-refractivity contribution in [1.29, 1.82) is 0 Å². The van der Waals surface area contributed by atoms with Gasteiger partial charge < -0.3 is 14.6 Å². The number of alkyl halides is 2. The van der Waals surface area contributed by atoms with Crippen LogP contribution in [0, 0.1) is 5.92 Å². The van der Waals surface area contributed by atoms with Crippen LogP contribution >= 0.6 is 11.6 Å². The number of imidazole rings is 1. The van der Waals surface area contributed by atoms with Crippen molar-refractivity contribution in [3.63, 3.8) is 0 Å². The third-order valence-corrected chi connectivity index (χ3v) is 9.52. The van der Waals surface area contributed by atoms with E-state index in [2.05, 4.69) is 33.6 Å². The SMILES string of the molecule is C[C@@H]1CN(c2nc(=O)n(C)c3c2ncn3CC2(O)CCCC2)[C@@H](C)CN1C(c1ccc(Cl)cc1)C1CC(F)(F)C1. The number of fused-ring (bicyclic) bond motifs is 1. The first-order valence-electron chi connectivity index (χ1n) is 14.2. The second-order valence-corrected chi connectivity index (χ2v) is 12.8. The van der Waals surface area contributed by atoms with Crippen molar-refractivity contribution in [2.45, 2.75) is 88.6 Å². The molecule has 0 bridgehead atoms. The molecule has 6 rings (SSSR count). The molecule has 216 valence electrons. The van der Waals surface area contributed by atoms with Crippen LogP contribution < -0.4 is 10.6 Å². The Morgan fingerprint density at radius 1 is 1.10 bits per heavy atom. The number of hydrogen-bond donors (Lipinski definition) is 1. The van der Waals surface area contributed by atoms with Crippen molar-refractivity contribution in [2.24, 2.45) is 13.0 Å². The van der Waals surface area contributed by atoms with Gasteiger partial charge in [-0.25, -0.2) is 18.6 Å². The van der Waals surface area contributed by atoms with Gasteiger partial charge in [0.25, 0.3) is 0 Å². The number of anilines is 1. The van der Waals surface area contributed by atoms with Gasteiger partial charge in [-0.05, 0) is 50.3 Å². The van der Waals surface area contributed by atoms with Crippen LogP contribution in [-0.2, 0) is 13.6 Å². The minimum Gasteiger partial charge on any atom is -0.388 e. The molecule has 1 unspecified atom stereocenters. The molecule has 1 aromatic carbocycles. The summed E-state index contributed by atoms with van der Waals surface area (Å²) in [4.78, 5) is 26.7. The number of nitrogens with zero attached hydrogens (tertiary/aromatic N) is 6. The zero-order chi connectivity index (χ0) is 28.4. The Balaban J connectivity index is 1.31. The van der Waals surface area contributed by atoms with Gasteiger partial charge in [-0.3, -0.25) is 9.47 Å². The average molecular weight is 575 g/mol. The number of halogens is 3. The summed E-state index contributed by atoms with van der Waals surface area (Å²) in [5.74, 6) is -2.23. The predicted octanol–water partition coefficient (Wildman–Crippen LogP) is 4.77. The molecule has 3 fully saturated rings. The van der Waals surface area contributed by atoms with Gasteiger partial charge in [0.2, 0.25) is 5.92 Å². The third-order valence-electron chi connectivity index (χ3n) is 9.27. The molecule has 1 saturated heterocycles. The molecule has 3 heterocycles. The highest BCUT2D eigenvalue weighted by Gasteiger charge is 2.51. The van der Waals surface area contributed by atoms with Crippen molar-refractivity contribution < 1.29 is 13.9 Å². The summed E-state index contributed by atoms with van der Waals surface area (Å²) >= 11 is 6.15. The smallest absolute Gasteiger partial charge is 0.350 e. The molecule has 1 aliphatic heterocycles. The summed E-state index contributed by atoms with van der Waals surface area (Å²) in [6.45, 7) is 5.76. The number of hydrogen-bond acceptors (Lipinski definition) is 6. The molecule has 2 aliphatic carbocycles. The van der Waals surface area contributed by atoms with Crippen LogP contribution in [-0.4, -0.2) is 65.8 Å². The average Bonchev–Trinajstić information content (AvgIpc) is 3.50. The summed E-state index contributed by atoms with van der Waals surface area (Å²) < 4.78 is 31.4. The maximum atomic E-state index is 14.0. The van der Waals surface area contributed by atoms with E-state index in [0.29, 0.717) is 41.6 Å². The fourth-order valence-electron chi connectivity index (χ4n) is 7.18. The normalized spacial score (nSPS) is 25.8. The van der Waals surface area contributed by atoms with Crippen molar-refractivity contribution in [3.05, 3.63) is 51.7 Å². The highest BCUT2D eigenvalue weighted by atomic mass is 35.5. The first kappa shape index (κ1) is 27.6. The quantitative estimate of drug-likeness (QED) is 0.457. The number of aromatic nitrogens is 4. The Morgan fingerprint density at radius 2 is 1.77 bits per heavy atom.